The molecular formula is C16H15Cl2NO2. The van der Waals surface area contributed by atoms with Crippen LogP contribution in [-0.4, -0.2) is 13.1 Å². The Balaban J connectivity index is 2.34. The van der Waals surface area contributed by atoms with Crippen LogP contribution >= 0.6 is 23.2 Å². The van der Waals surface area contributed by atoms with E-state index in [1.807, 2.05) is 31.2 Å². The number of rotatable bonds is 4. The molecule has 1 N–H and O–H groups in total. The first kappa shape index (κ1) is 15.7. The molecule has 0 amide bonds. The summed E-state index contributed by atoms with van der Waals surface area (Å²) in [4.78, 5) is 12.0. The predicted molar refractivity (Wildman–Crippen MR) is 86.0 cm³/mol. The molecule has 0 bridgehead atoms. The molecule has 110 valence electrons. The van der Waals surface area contributed by atoms with Gasteiger partial charge in [0.15, 0.2) is 6.04 Å². The number of hydrogen-bond acceptors (Lipinski definition) is 3. The van der Waals surface area contributed by atoms with E-state index in [4.69, 9.17) is 27.9 Å². The number of benzene rings is 2. The highest BCUT2D eigenvalue weighted by Crippen LogP contribution is 2.27. The van der Waals surface area contributed by atoms with Crippen LogP contribution < -0.4 is 5.32 Å². The van der Waals surface area contributed by atoms with E-state index in [-0.39, 0.29) is 0 Å². The minimum Gasteiger partial charge on any atom is -0.467 e. The number of nitrogens with one attached hydrogen (secondary N) is 1. The smallest absolute Gasteiger partial charge is 0.332 e. The number of carbonyl (C=O) groups excluding carboxylic acids is 1. The third kappa shape index (κ3) is 4.13. The molecule has 2 aromatic rings. The average Bonchev–Trinajstić information content (AvgIpc) is 2.44. The molecule has 0 aliphatic carbocycles. The number of esters is 1. The number of ether oxygens (including phenoxy) is 1. The largest absolute Gasteiger partial charge is 0.467 e. The Labute approximate surface area is 133 Å². The molecule has 0 aromatic heterocycles. The molecule has 3 nitrogen and oxygen atoms in total. The summed E-state index contributed by atoms with van der Waals surface area (Å²) in [7, 11) is 1.35. The molecule has 1 atom stereocenters. The quantitative estimate of drug-likeness (QED) is 0.834. The summed E-state index contributed by atoms with van der Waals surface area (Å²) in [6, 6.07) is 12.0. The monoisotopic (exact) mass is 323 g/mol. The van der Waals surface area contributed by atoms with Gasteiger partial charge in [0.25, 0.3) is 0 Å². The van der Waals surface area contributed by atoms with Gasteiger partial charge in [-0.3, -0.25) is 0 Å². The molecular weight excluding hydrogens is 309 g/mol. The lowest BCUT2D eigenvalue weighted by Gasteiger charge is -2.18. The maximum absolute atomic E-state index is 12.0. The minimum atomic E-state index is -0.672. The maximum atomic E-state index is 12.0. The Hall–Kier alpha value is -1.71. The summed E-state index contributed by atoms with van der Waals surface area (Å²) in [6.45, 7) is 2.00. The molecule has 0 aliphatic heterocycles. The van der Waals surface area contributed by atoms with Crippen LogP contribution in [0.4, 0.5) is 5.69 Å². The van der Waals surface area contributed by atoms with Gasteiger partial charge in [-0.05, 0) is 42.8 Å². The fourth-order valence-corrected chi connectivity index (χ4v) is 2.50. The van der Waals surface area contributed by atoms with Gasteiger partial charge in [0, 0.05) is 15.7 Å². The Bertz CT molecular complexity index is 621. The third-order valence-corrected chi connectivity index (χ3v) is 3.45. The average molecular weight is 324 g/mol. The van der Waals surface area contributed by atoms with Gasteiger partial charge in [-0.2, -0.15) is 0 Å². The molecule has 2 aromatic carbocycles. The summed E-state index contributed by atoms with van der Waals surface area (Å²) in [5, 5.41) is 4.07. The van der Waals surface area contributed by atoms with Crippen LogP contribution in [0.15, 0.2) is 42.5 Å². The maximum Gasteiger partial charge on any atom is 0.332 e. The van der Waals surface area contributed by atoms with E-state index in [2.05, 4.69) is 5.32 Å². The van der Waals surface area contributed by atoms with Crippen LogP contribution in [0.3, 0.4) is 0 Å². The fourth-order valence-electron chi connectivity index (χ4n) is 1.95. The molecule has 0 saturated heterocycles. The second-order valence-electron chi connectivity index (χ2n) is 4.67. The SMILES string of the molecule is COC(=O)C(Nc1ccc(C)cc1)c1cc(Cl)cc(Cl)c1. The van der Waals surface area contributed by atoms with Gasteiger partial charge < -0.3 is 10.1 Å². The number of carbonyl (C=O) groups is 1. The highest BCUT2D eigenvalue weighted by molar-refractivity contribution is 6.34. The molecule has 1 unspecified atom stereocenters. The first-order valence-corrected chi connectivity index (χ1v) is 7.12. The summed E-state index contributed by atoms with van der Waals surface area (Å²) in [6.07, 6.45) is 0. The van der Waals surface area contributed by atoms with Crippen molar-refractivity contribution in [1.82, 2.24) is 0 Å². The van der Waals surface area contributed by atoms with Gasteiger partial charge in [-0.1, -0.05) is 40.9 Å². The van der Waals surface area contributed by atoms with Gasteiger partial charge in [0.05, 0.1) is 7.11 Å². The number of methoxy groups -OCH3 is 1. The van der Waals surface area contributed by atoms with Crippen LogP contribution in [0, 0.1) is 6.92 Å². The third-order valence-electron chi connectivity index (χ3n) is 3.02. The standard InChI is InChI=1S/C16H15Cl2NO2/c1-10-3-5-14(6-4-10)19-15(16(20)21-2)11-7-12(17)9-13(18)8-11/h3-9,15,19H,1-2H3. The van der Waals surface area contributed by atoms with Crippen molar-refractivity contribution in [3.63, 3.8) is 0 Å². The van der Waals surface area contributed by atoms with Crippen molar-refractivity contribution in [3.05, 3.63) is 63.6 Å². The highest BCUT2D eigenvalue weighted by Gasteiger charge is 2.22. The van der Waals surface area contributed by atoms with E-state index in [0.717, 1.165) is 11.3 Å². The van der Waals surface area contributed by atoms with E-state index in [1.165, 1.54) is 7.11 Å². The summed E-state index contributed by atoms with van der Waals surface area (Å²) < 4.78 is 4.85. The van der Waals surface area contributed by atoms with Crippen molar-refractivity contribution in [1.29, 1.82) is 0 Å². The number of aryl methyl sites for hydroxylation is 1. The molecule has 0 spiro atoms. The zero-order chi connectivity index (χ0) is 15.4. The number of anilines is 1. The number of halogens is 2. The summed E-state index contributed by atoms with van der Waals surface area (Å²) >= 11 is 12.0. The van der Waals surface area contributed by atoms with E-state index >= 15 is 0 Å². The molecule has 2 rings (SSSR count). The first-order chi connectivity index (χ1) is 9.99. The van der Waals surface area contributed by atoms with Crippen LogP contribution in [0.2, 0.25) is 10.0 Å². The second kappa shape index (κ2) is 6.83. The molecule has 21 heavy (non-hydrogen) atoms. The Morgan fingerprint density at radius 1 is 1.10 bits per heavy atom. The Kier molecular flexibility index (Phi) is 5.10. The van der Waals surface area contributed by atoms with Crippen molar-refractivity contribution in [2.75, 3.05) is 12.4 Å². The van der Waals surface area contributed by atoms with Crippen molar-refractivity contribution in [2.45, 2.75) is 13.0 Å². The zero-order valence-electron chi connectivity index (χ0n) is 11.7. The normalized spacial score (nSPS) is 11.8. The van der Waals surface area contributed by atoms with Crippen LogP contribution in [0.5, 0.6) is 0 Å². The molecule has 5 heteroatoms. The lowest BCUT2D eigenvalue weighted by Crippen LogP contribution is -2.22. The molecule has 0 saturated carbocycles. The topological polar surface area (TPSA) is 38.3 Å². The fraction of sp³-hybridized carbons (Fsp3) is 0.188. The van der Waals surface area contributed by atoms with Crippen LogP contribution in [0.25, 0.3) is 0 Å². The van der Waals surface area contributed by atoms with Crippen molar-refractivity contribution >= 4 is 34.9 Å². The summed E-state index contributed by atoms with van der Waals surface area (Å²) in [5.41, 5.74) is 2.60. The van der Waals surface area contributed by atoms with E-state index in [9.17, 15) is 4.79 Å². The van der Waals surface area contributed by atoms with E-state index < -0.39 is 12.0 Å². The molecule has 0 aliphatic rings. The Morgan fingerprint density at radius 2 is 1.67 bits per heavy atom. The lowest BCUT2D eigenvalue weighted by atomic mass is 10.1. The predicted octanol–water partition coefficient (Wildman–Crippen LogP) is 4.63. The molecule has 0 heterocycles. The molecule has 0 fully saturated rings. The zero-order valence-corrected chi connectivity index (χ0v) is 13.2. The first-order valence-electron chi connectivity index (χ1n) is 6.36. The van der Waals surface area contributed by atoms with Crippen LogP contribution in [-0.2, 0) is 9.53 Å². The second-order valence-corrected chi connectivity index (χ2v) is 5.54. The van der Waals surface area contributed by atoms with Gasteiger partial charge in [-0.15, -0.1) is 0 Å². The van der Waals surface area contributed by atoms with Crippen molar-refractivity contribution < 1.29 is 9.53 Å². The van der Waals surface area contributed by atoms with Crippen LogP contribution in [0.1, 0.15) is 17.2 Å². The molecule has 0 radical (unpaired) electrons. The van der Waals surface area contributed by atoms with Gasteiger partial charge in [0.1, 0.15) is 0 Å². The number of hydrogen-bond donors (Lipinski definition) is 1. The highest BCUT2D eigenvalue weighted by atomic mass is 35.5. The van der Waals surface area contributed by atoms with Gasteiger partial charge in [-0.25, -0.2) is 4.79 Å². The van der Waals surface area contributed by atoms with Crippen molar-refractivity contribution in [3.8, 4) is 0 Å². The van der Waals surface area contributed by atoms with Crippen molar-refractivity contribution in [2.24, 2.45) is 0 Å². The summed E-state index contributed by atoms with van der Waals surface area (Å²) in [5.74, 6) is -0.408. The van der Waals surface area contributed by atoms with E-state index in [1.54, 1.807) is 18.2 Å². The van der Waals surface area contributed by atoms with E-state index in [0.29, 0.717) is 15.6 Å². The van der Waals surface area contributed by atoms with Gasteiger partial charge >= 0.3 is 5.97 Å². The Morgan fingerprint density at radius 3 is 2.19 bits per heavy atom. The van der Waals surface area contributed by atoms with Gasteiger partial charge in [0.2, 0.25) is 0 Å². The lowest BCUT2D eigenvalue weighted by molar-refractivity contribution is -0.141. The minimum absolute atomic E-state index is 0.408.